The van der Waals surface area contributed by atoms with Gasteiger partial charge in [-0.1, -0.05) is 69.0 Å². The van der Waals surface area contributed by atoms with Crippen LogP contribution < -0.4 is 0 Å². The van der Waals surface area contributed by atoms with Crippen molar-refractivity contribution < 1.29 is 19.8 Å². The Balaban J connectivity index is 0.000000366. The van der Waals surface area contributed by atoms with E-state index in [2.05, 4.69) is 73.9 Å². The van der Waals surface area contributed by atoms with Crippen LogP contribution in [0, 0.1) is 0 Å². The van der Waals surface area contributed by atoms with E-state index in [1.165, 1.54) is 40.8 Å². The third-order valence-electron chi connectivity index (χ3n) is 5.59. The van der Waals surface area contributed by atoms with Crippen molar-refractivity contribution in [2.45, 2.75) is 32.6 Å². The number of carboxylic acids is 2. The standard InChI is InChI=1S/C22H27N.C4H4O4/c1-4-23(5-2)15-14-19-16-18-10-6-7-11-20(18)17(3)21-12-8-9-13-22(19)21;5-3(6)1-2-4(7)8/h6-13,19H,3-5,14-16H2,1-2H3;1-2H,(H,5,6)(H,7,8)/b;2-1-. The van der Waals surface area contributed by atoms with Gasteiger partial charge in [-0.15, -0.1) is 0 Å². The van der Waals surface area contributed by atoms with Gasteiger partial charge in [-0.25, -0.2) is 9.59 Å². The second-order valence-electron chi connectivity index (χ2n) is 7.45. The predicted octanol–water partition coefficient (Wildman–Crippen LogP) is 4.83. The van der Waals surface area contributed by atoms with Gasteiger partial charge in [0.15, 0.2) is 0 Å². The topological polar surface area (TPSA) is 77.8 Å². The second-order valence-corrected chi connectivity index (χ2v) is 7.45. The molecular formula is C26H31NO4. The maximum absolute atomic E-state index is 9.55. The summed E-state index contributed by atoms with van der Waals surface area (Å²) in [6.07, 6.45) is 3.44. The molecule has 5 nitrogen and oxygen atoms in total. The van der Waals surface area contributed by atoms with Gasteiger partial charge in [-0.05, 0) is 66.2 Å². The minimum Gasteiger partial charge on any atom is -0.478 e. The zero-order valence-electron chi connectivity index (χ0n) is 18.3. The number of hydrogen-bond acceptors (Lipinski definition) is 3. The second kappa shape index (κ2) is 11.9. The van der Waals surface area contributed by atoms with Crippen molar-refractivity contribution in [3.05, 3.63) is 89.5 Å². The van der Waals surface area contributed by atoms with Gasteiger partial charge < -0.3 is 15.1 Å². The highest BCUT2D eigenvalue weighted by molar-refractivity contribution is 5.89. The van der Waals surface area contributed by atoms with Crippen LogP contribution in [0.4, 0.5) is 0 Å². The summed E-state index contributed by atoms with van der Waals surface area (Å²) in [5.41, 5.74) is 6.76. The molecule has 164 valence electrons. The van der Waals surface area contributed by atoms with Crippen molar-refractivity contribution in [1.29, 1.82) is 0 Å². The van der Waals surface area contributed by atoms with Crippen molar-refractivity contribution in [2.24, 2.45) is 0 Å². The van der Waals surface area contributed by atoms with Crippen molar-refractivity contribution in [3.8, 4) is 0 Å². The molecule has 31 heavy (non-hydrogen) atoms. The summed E-state index contributed by atoms with van der Waals surface area (Å²) >= 11 is 0. The lowest BCUT2D eigenvalue weighted by Crippen LogP contribution is -2.25. The highest BCUT2D eigenvalue weighted by Gasteiger charge is 2.23. The molecule has 0 saturated carbocycles. The Morgan fingerprint density at radius 1 is 0.968 bits per heavy atom. The molecule has 0 heterocycles. The number of hydrogen-bond donors (Lipinski definition) is 2. The molecule has 3 rings (SSSR count). The van der Waals surface area contributed by atoms with Gasteiger partial charge in [0.05, 0.1) is 0 Å². The van der Waals surface area contributed by atoms with E-state index >= 15 is 0 Å². The Morgan fingerprint density at radius 3 is 2.10 bits per heavy atom. The number of carboxylic acid groups (broad SMARTS) is 2. The zero-order valence-corrected chi connectivity index (χ0v) is 18.3. The van der Waals surface area contributed by atoms with E-state index in [-0.39, 0.29) is 0 Å². The van der Waals surface area contributed by atoms with Crippen LogP contribution in [0.3, 0.4) is 0 Å². The maximum Gasteiger partial charge on any atom is 0.328 e. The fraction of sp³-hybridized carbons (Fsp3) is 0.308. The Labute approximate surface area is 184 Å². The number of carbonyl (C=O) groups is 2. The van der Waals surface area contributed by atoms with E-state index < -0.39 is 11.9 Å². The van der Waals surface area contributed by atoms with E-state index in [1.54, 1.807) is 0 Å². The van der Waals surface area contributed by atoms with Gasteiger partial charge in [0, 0.05) is 12.2 Å². The minimum atomic E-state index is -1.26. The Hall–Kier alpha value is -3.18. The smallest absolute Gasteiger partial charge is 0.328 e. The van der Waals surface area contributed by atoms with Crippen molar-refractivity contribution >= 4 is 17.5 Å². The summed E-state index contributed by atoms with van der Waals surface area (Å²) in [4.78, 5) is 21.6. The molecule has 2 aromatic rings. The van der Waals surface area contributed by atoms with Crippen LogP contribution >= 0.6 is 0 Å². The number of aliphatic carboxylic acids is 2. The number of nitrogens with zero attached hydrogens (tertiary/aromatic N) is 1. The van der Waals surface area contributed by atoms with Gasteiger partial charge in [0.25, 0.3) is 0 Å². The number of benzene rings is 2. The molecule has 0 amide bonds. The maximum atomic E-state index is 9.55. The lowest BCUT2D eigenvalue weighted by molar-refractivity contribution is -0.134. The van der Waals surface area contributed by atoms with Crippen LogP contribution in [0.1, 0.15) is 48.4 Å². The van der Waals surface area contributed by atoms with Gasteiger partial charge >= 0.3 is 11.9 Å². The normalized spacial score (nSPS) is 14.9. The lowest BCUT2D eigenvalue weighted by atomic mass is 9.88. The predicted molar refractivity (Wildman–Crippen MR) is 124 cm³/mol. The van der Waals surface area contributed by atoms with Gasteiger partial charge in [-0.2, -0.15) is 0 Å². The highest BCUT2D eigenvalue weighted by Crippen LogP contribution is 2.38. The van der Waals surface area contributed by atoms with Crippen LogP contribution in [0.2, 0.25) is 0 Å². The Morgan fingerprint density at radius 2 is 1.52 bits per heavy atom. The molecule has 0 radical (unpaired) electrons. The summed E-state index contributed by atoms with van der Waals surface area (Å²) in [7, 11) is 0. The Bertz CT molecular complexity index is 928. The zero-order chi connectivity index (χ0) is 22.8. The van der Waals surface area contributed by atoms with Gasteiger partial charge in [-0.3, -0.25) is 0 Å². The van der Waals surface area contributed by atoms with Crippen LogP contribution in [-0.2, 0) is 16.0 Å². The fourth-order valence-electron chi connectivity index (χ4n) is 3.92. The quantitative estimate of drug-likeness (QED) is 0.626. The molecule has 0 saturated heterocycles. The molecule has 2 aromatic carbocycles. The molecule has 0 bridgehead atoms. The summed E-state index contributed by atoms with van der Waals surface area (Å²) in [5.74, 6) is -1.94. The minimum absolute atomic E-state index is 0.558. The first-order valence-corrected chi connectivity index (χ1v) is 10.6. The first-order chi connectivity index (χ1) is 14.9. The molecule has 0 aliphatic heterocycles. The molecule has 0 spiro atoms. The third-order valence-corrected chi connectivity index (χ3v) is 5.59. The molecule has 0 aromatic heterocycles. The summed E-state index contributed by atoms with van der Waals surface area (Å²) < 4.78 is 0. The third kappa shape index (κ3) is 6.93. The largest absolute Gasteiger partial charge is 0.478 e. The van der Waals surface area contributed by atoms with E-state index in [0.717, 1.165) is 19.5 Å². The molecule has 0 fully saturated rings. The first-order valence-electron chi connectivity index (χ1n) is 10.6. The lowest BCUT2D eigenvalue weighted by Gasteiger charge is -2.23. The van der Waals surface area contributed by atoms with Crippen molar-refractivity contribution in [3.63, 3.8) is 0 Å². The van der Waals surface area contributed by atoms with Gasteiger partial charge in [0.2, 0.25) is 0 Å². The molecule has 1 aliphatic carbocycles. The molecule has 1 aliphatic rings. The molecule has 2 N–H and O–H groups in total. The van der Waals surface area contributed by atoms with E-state index in [4.69, 9.17) is 10.2 Å². The van der Waals surface area contributed by atoms with Crippen LogP contribution in [-0.4, -0.2) is 46.7 Å². The average molecular weight is 422 g/mol. The van der Waals surface area contributed by atoms with Crippen LogP contribution in [0.25, 0.3) is 5.57 Å². The van der Waals surface area contributed by atoms with Crippen LogP contribution in [0.5, 0.6) is 0 Å². The van der Waals surface area contributed by atoms with Gasteiger partial charge in [0.1, 0.15) is 0 Å². The Kier molecular flexibility index (Phi) is 9.22. The summed E-state index contributed by atoms with van der Waals surface area (Å²) in [6, 6.07) is 17.6. The van der Waals surface area contributed by atoms with E-state index in [1.807, 2.05) is 0 Å². The molecular weight excluding hydrogens is 390 g/mol. The fourth-order valence-corrected chi connectivity index (χ4v) is 3.92. The first kappa shape index (κ1) is 24.1. The molecule has 1 atom stereocenters. The monoisotopic (exact) mass is 421 g/mol. The molecule has 5 heteroatoms. The SMILES string of the molecule is C=C1c2ccccc2CC(CCN(CC)CC)c2ccccc21.O=C(O)/C=C\C(=O)O. The average Bonchev–Trinajstić information content (AvgIpc) is 2.89. The van der Waals surface area contributed by atoms with E-state index in [9.17, 15) is 9.59 Å². The highest BCUT2D eigenvalue weighted by atomic mass is 16.4. The number of fused-ring (bicyclic) bond motifs is 2. The van der Waals surface area contributed by atoms with Crippen molar-refractivity contribution in [2.75, 3.05) is 19.6 Å². The number of rotatable bonds is 7. The van der Waals surface area contributed by atoms with Crippen LogP contribution in [0.15, 0.2) is 67.3 Å². The summed E-state index contributed by atoms with van der Waals surface area (Å²) in [5, 5.41) is 15.6. The van der Waals surface area contributed by atoms with E-state index in [0.29, 0.717) is 18.1 Å². The van der Waals surface area contributed by atoms with Crippen molar-refractivity contribution in [1.82, 2.24) is 4.90 Å². The summed E-state index contributed by atoms with van der Waals surface area (Å²) in [6.45, 7) is 12.3. The molecule has 1 unspecified atom stereocenters.